The first-order valence-electron chi connectivity index (χ1n) is 10.2. The summed E-state index contributed by atoms with van der Waals surface area (Å²) in [5.41, 5.74) is -0.305. The summed E-state index contributed by atoms with van der Waals surface area (Å²) in [7, 11) is -3.34. The van der Waals surface area contributed by atoms with Gasteiger partial charge in [-0.3, -0.25) is 4.79 Å². The van der Waals surface area contributed by atoms with Gasteiger partial charge < -0.3 is 10.2 Å². The minimum Gasteiger partial charge on any atom is -0.355 e. The minimum atomic E-state index is -4.52. The lowest BCUT2D eigenvalue weighted by Crippen LogP contribution is -2.43. The number of benzene rings is 1. The largest absolute Gasteiger partial charge is 0.417 e. The number of anilines is 1. The lowest BCUT2D eigenvalue weighted by molar-refractivity contribution is -0.137. The Kier molecular flexibility index (Phi) is 6.10. The van der Waals surface area contributed by atoms with Crippen molar-refractivity contribution < 1.29 is 26.4 Å². The summed E-state index contributed by atoms with van der Waals surface area (Å²) >= 11 is 6.03. The molecule has 0 aliphatic carbocycles. The fraction of sp³-hybridized carbons (Fsp3) is 0.429. The Hall–Kier alpha value is -2.33. The fourth-order valence-corrected chi connectivity index (χ4v) is 6.11. The third-order valence-corrected chi connectivity index (χ3v) is 8.03. The van der Waals surface area contributed by atoms with Crippen LogP contribution >= 0.6 is 11.6 Å². The second-order valence-electron chi connectivity index (χ2n) is 8.00. The molecule has 1 aromatic carbocycles. The highest BCUT2D eigenvalue weighted by molar-refractivity contribution is 7.91. The van der Waals surface area contributed by atoms with Gasteiger partial charge in [0.25, 0.3) is 0 Å². The van der Waals surface area contributed by atoms with Crippen LogP contribution in [0.2, 0.25) is 5.02 Å². The lowest BCUT2D eigenvalue weighted by Gasteiger charge is -2.34. The standard InChI is InChI=1S/C21H21ClF3N3O3S/c22-16-11-14(21(23,24)25)12-26-19(16)28-8-5-13(6-9-28)20(29)27-17-7-10-32(30,31)18-4-2-1-3-15(17)18/h1-4,11-13,17H,5-10H2,(H,27,29)/t17-/m0/s1. The van der Waals surface area contributed by atoms with Gasteiger partial charge in [-0.25, -0.2) is 13.4 Å². The van der Waals surface area contributed by atoms with Crippen LogP contribution in [0, 0.1) is 5.92 Å². The molecule has 4 rings (SSSR count). The molecule has 0 bridgehead atoms. The van der Waals surface area contributed by atoms with E-state index in [1.54, 1.807) is 29.2 Å². The molecule has 6 nitrogen and oxygen atoms in total. The number of carbonyl (C=O) groups excluding carboxylic acids is 1. The number of nitrogens with one attached hydrogen (secondary N) is 1. The summed E-state index contributed by atoms with van der Waals surface area (Å²) in [4.78, 5) is 18.8. The number of hydrogen-bond acceptors (Lipinski definition) is 5. The highest BCUT2D eigenvalue weighted by atomic mass is 35.5. The maximum absolute atomic E-state index is 12.9. The van der Waals surface area contributed by atoms with Gasteiger partial charge >= 0.3 is 6.18 Å². The van der Waals surface area contributed by atoms with E-state index in [9.17, 15) is 26.4 Å². The van der Waals surface area contributed by atoms with Crippen molar-refractivity contribution in [1.82, 2.24) is 10.3 Å². The zero-order chi connectivity index (χ0) is 23.1. The Morgan fingerprint density at radius 3 is 2.50 bits per heavy atom. The average molecular weight is 488 g/mol. The van der Waals surface area contributed by atoms with E-state index in [0.717, 1.165) is 12.3 Å². The Morgan fingerprint density at radius 2 is 1.84 bits per heavy atom. The van der Waals surface area contributed by atoms with Crippen molar-refractivity contribution in [2.75, 3.05) is 23.7 Å². The summed E-state index contributed by atoms with van der Waals surface area (Å²) < 4.78 is 63.0. The molecule has 0 unspecified atom stereocenters. The van der Waals surface area contributed by atoms with Crippen LogP contribution in [-0.2, 0) is 20.8 Å². The van der Waals surface area contributed by atoms with Gasteiger partial charge in [0.1, 0.15) is 5.82 Å². The third kappa shape index (κ3) is 4.56. The molecule has 1 saturated heterocycles. The van der Waals surface area contributed by atoms with E-state index in [0.29, 0.717) is 37.9 Å². The SMILES string of the molecule is O=C(N[C@H]1CCS(=O)(=O)c2ccccc21)C1CCN(c2ncc(C(F)(F)F)cc2Cl)CC1. The lowest BCUT2D eigenvalue weighted by atomic mass is 9.94. The molecule has 11 heteroatoms. The second kappa shape index (κ2) is 8.55. The van der Waals surface area contributed by atoms with Crippen molar-refractivity contribution in [3.05, 3.63) is 52.7 Å². The molecule has 0 saturated carbocycles. The van der Waals surface area contributed by atoms with Crippen LogP contribution < -0.4 is 10.2 Å². The molecule has 1 aromatic heterocycles. The van der Waals surface area contributed by atoms with E-state index in [2.05, 4.69) is 10.3 Å². The molecule has 2 aliphatic rings. The van der Waals surface area contributed by atoms with Gasteiger partial charge in [0.15, 0.2) is 9.84 Å². The minimum absolute atomic E-state index is 0.0223. The summed E-state index contributed by atoms with van der Waals surface area (Å²) in [5, 5.41) is 2.90. The number of hydrogen-bond donors (Lipinski definition) is 1. The summed E-state index contributed by atoms with van der Waals surface area (Å²) in [5.74, 6) is -0.198. The molecule has 2 aliphatic heterocycles. The van der Waals surface area contributed by atoms with Crippen LogP contribution in [0.25, 0.3) is 0 Å². The fourth-order valence-electron chi connectivity index (χ4n) is 4.20. The highest BCUT2D eigenvalue weighted by Crippen LogP contribution is 2.35. The maximum atomic E-state index is 12.9. The topological polar surface area (TPSA) is 79.4 Å². The number of halogens is 4. The van der Waals surface area contributed by atoms with E-state index < -0.39 is 21.6 Å². The number of alkyl halides is 3. The predicted molar refractivity (Wildman–Crippen MR) is 113 cm³/mol. The maximum Gasteiger partial charge on any atom is 0.417 e. The van der Waals surface area contributed by atoms with Gasteiger partial charge in [-0.1, -0.05) is 29.8 Å². The van der Waals surface area contributed by atoms with Crippen molar-refractivity contribution in [3.63, 3.8) is 0 Å². The molecule has 1 amide bonds. The molecular weight excluding hydrogens is 467 g/mol. The van der Waals surface area contributed by atoms with Gasteiger partial charge in [0, 0.05) is 25.2 Å². The van der Waals surface area contributed by atoms with Gasteiger partial charge in [0.05, 0.1) is 27.3 Å². The van der Waals surface area contributed by atoms with Crippen LogP contribution in [0.15, 0.2) is 41.4 Å². The molecular formula is C21H21ClF3N3O3S. The number of piperidine rings is 1. The van der Waals surface area contributed by atoms with Crippen molar-refractivity contribution in [3.8, 4) is 0 Å². The summed E-state index contributed by atoms with van der Waals surface area (Å²) in [6.45, 7) is 0.845. The molecule has 2 aromatic rings. The summed E-state index contributed by atoms with van der Waals surface area (Å²) in [6.07, 6.45) is -2.48. The number of rotatable bonds is 3. The number of fused-ring (bicyclic) bond motifs is 1. The van der Waals surface area contributed by atoms with Crippen molar-refractivity contribution in [1.29, 1.82) is 0 Å². The van der Waals surface area contributed by atoms with Crippen molar-refractivity contribution >= 4 is 33.2 Å². The van der Waals surface area contributed by atoms with Crippen LogP contribution in [0.1, 0.15) is 36.4 Å². The molecule has 32 heavy (non-hydrogen) atoms. The van der Waals surface area contributed by atoms with Gasteiger partial charge in [-0.2, -0.15) is 13.2 Å². The number of sulfone groups is 1. The normalized spacial score (nSPS) is 21.1. The molecule has 1 fully saturated rings. The van der Waals surface area contributed by atoms with Gasteiger partial charge in [-0.15, -0.1) is 0 Å². The van der Waals surface area contributed by atoms with E-state index in [-0.39, 0.29) is 39.4 Å². The Bertz CT molecular complexity index is 1130. The number of carbonyl (C=O) groups is 1. The number of nitrogens with zero attached hydrogens (tertiary/aromatic N) is 2. The van der Waals surface area contributed by atoms with Crippen LogP contribution in [0.3, 0.4) is 0 Å². The first-order chi connectivity index (χ1) is 15.1. The monoisotopic (exact) mass is 487 g/mol. The van der Waals surface area contributed by atoms with Gasteiger partial charge in [0.2, 0.25) is 5.91 Å². The molecule has 1 atom stereocenters. The molecule has 3 heterocycles. The first kappa shape index (κ1) is 22.8. The predicted octanol–water partition coefficient (Wildman–Crippen LogP) is 4.01. The van der Waals surface area contributed by atoms with Crippen molar-refractivity contribution in [2.24, 2.45) is 5.92 Å². The van der Waals surface area contributed by atoms with Gasteiger partial charge in [-0.05, 0) is 37.0 Å². The van der Waals surface area contributed by atoms with Crippen LogP contribution in [0.5, 0.6) is 0 Å². The van der Waals surface area contributed by atoms with Crippen LogP contribution in [-0.4, -0.2) is 38.2 Å². The number of amides is 1. The van der Waals surface area contributed by atoms with Crippen molar-refractivity contribution in [2.45, 2.75) is 36.4 Å². The van der Waals surface area contributed by atoms with E-state index in [4.69, 9.17) is 11.6 Å². The Balaban J connectivity index is 1.40. The van der Waals surface area contributed by atoms with E-state index in [1.807, 2.05) is 0 Å². The first-order valence-corrected chi connectivity index (χ1v) is 12.2. The van der Waals surface area contributed by atoms with E-state index in [1.165, 1.54) is 0 Å². The molecule has 0 spiro atoms. The zero-order valence-corrected chi connectivity index (χ0v) is 18.5. The molecule has 0 radical (unpaired) electrons. The van der Waals surface area contributed by atoms with E-state index >= 15 is 0 Å². The molecule has 172 valence electrons. The Morgan fingerprint density at radius 1 is 1.16 bits per heavy atom. The average Bonchev–Trinajstić information content (AvgIpc) is 2.75. The Labute approximate surface area is 188 Å². The second-order valence-corrected chi connectivity index (χ2v) is 10.5. The smallest absolute Gasteiger partial charge is 0.355 e. The summed E-state index contributed by atoms with van der Waals surface area (Å²) in [6, 6.07) is 7.18. The number of pyridine rings is 1. The number of aromatic nitrogens is 1. The zero-order valence-electron chi connectivity index (χ0n) is 16.9. The van der Waals surface area contributed by atoms with Crippen LogP contribution in [0.4, 0.5) is 19.0 Å². The quantitative estimate of drug-likeness (QED) is 0.707. The highest BCUT2D eigenvalue weighted by Gasteiger charge is 2.35. The third-order valence-electron chi connectivity index (χ3n) is 5.94. The molecule has 1 N–H and O–H groups in total.